The Morgan fingerprint density at radius 1 is 1.13 bits per heavy atom. The fourth-order valence-corrected chi connectivity index (χ4v) is 2.52. The molecule has 0 bridgehead atoms. The largest absolute Gasteiger partial charge is 0.207 e. The quantitative estimate of drug-likeness (QED) is 0.637. The highest BCUT2D eigenvalue weighted by molar-refractivity contribution is 5.27. The van der Waals surface area contributed by atoms with Crippen LogP contribution in [0.5, 0.6) is 0 Å². The van der Waals surface area contributed by atoms with Gasteiger partial charge < -0.3 is 0 Å². The molecular formula is C14H19F. The molecule has 0 aliphatic heterocycles. The van der Waals surface area contributed by atoms with E-state index < -0.39 is 0 Å². The molecule has 0 unspecified atom stereocenters. The van der Waals surface area contributed by atoms with Crippen LogP contribution >= 0.6 is 0 Å². The van der Waals surface area contributed by atoms with Gasteiger partial charge in [-0.3, -0.25) is 0 Å². The van der Waals surface area contributed by atoms with Crippen molar-refractivity contribution in [3.63, 3.8) is 0 Å². The second kappa shape index (κ2) is 4.34. The number of benzene rings is 1. The summed E-state index contributed by atoms with van der Waals surface area (Å²) >= 11 is 0. The summed E-state index contributed by atoms with van der Waals surface area (Å²) in [5.74, 6) is 1.46. The number of hydrogen-bond acceptors (Lipinski definition) is 0. The zero-order chi connectivity index (χ0) is 10.8. The van der Waals surface area contributed by atoms with Gasteiger partial charge in [-0.1, -0.05) is 31.9 Å². The first-order valence-electron chi connectivity index (χ1n) is 5.93. The van der Waals surface area contributed by atoms with Gasteiger partial charge >= 0.3 is 0 Å². The van der Waals surface area contributed by atoms with Crippen LogP contribution in [0.25, 0.3) is 0 Å². The second-order valence-corrected chi connectivity index (χ2v) is 4.97. The highest BCUT2D eigenvalue weighted by Gasteiger charge is 2.19. The summed E-state index contributed by atoms with van der Waals surface area (Å²) < 4.78 is 13.1. The molecule has 1 aliphatic rings. The van der Waals surface area contributed by atoms with Crippen molar-refractivity contribution in [3.05, 3.63) is 35.1 Å². The van der Waals surface area contributed by atoms with Crippen LogP contribution in [0.4, 0.5) is 4.39 Å². The Morgan fingerprint density at radius 2 is 1.80 bits per heavy atom. The molecule has 0 atom stereocenters. The van der Waals surface area contributed by atoms with E-state index >= 15 is 0 Å². The molecule has 0 nitrogen and oxygen atoms in total. The molecule has 0 radical (unpaired) electrons. The Balaban J connectivity index is 2.12. The van der Waals surface area contributed by atoms with Gasteiger partial charge in [0.15, 0.2) is 0 Å². The standard InChI is InChI=1S/C14H19F/c1-10-3-5-12(6-4-10)13-7-8-14(15)11(2)9-13/h7-10,12H,3-6H2,1-2H3. The maximum Gasteiger partial charge on any atom is 0.126 e. The van der Waals surface area contributed by atoms with Gasteiger partial charge in [-0.05, 0) is 48.8 Å². The smallest absolute Gasteiger partial charge is 0.126 e. The predicted octanol–water partition coefficient (Wildman–Crippen LogP) is 4.43. The van der Waals surface area contributed by atoms with Crippen molar-refractivity contribution < 1.29 is 4.39 Å². The van der Waals surface area contributed by atoms with Gasteiger partial charge in [-0.25, -0.2) is 4.39 Å². The van der Waals surface area contributed by atoms with E-state index in [0.29, 0.717) is 5.92 Å². The van der Waals surface area contributed by atoms with Gasteiger partial charge in [0.1, 0.15) is 5.82 Å². The summed E-state index contributed by atoms with van der Waals surface area (Å²) in [6, 6.07) is 5.60. The Hall–Kier alpha value is -0.850. The Labute approximate surface area is 91.5 Å². The molecule has 0 saturated heterocycles. The number of aryl methyl sites for hydroxylation is 1. The van der Waals surface area contributed by atoms with Crippen molar-refractivity contribution in [2.75, 3.05) is 0 Å². The fourth-order valence-electron chi connectivity index (χ4n) is 2.52. The molecule has 0 amide bonds. The first-order chi connectivity index (χ1) is 7.16. The molecule has 2 rings (SSSR count). The van der Waals surface area contributed by atoms with Crippen molar-refractivity contribution >= 4 is 0 Å². The third kappa shape index (κ3) is 2.39. The molecule has 0 heterocycles. The van der Waals surface area contributed by atoms with Crippen molar-refractivity contribution in [3.8, 4) is 0 Å². The first kappa shape index (κ1) is 10.7. The minimum Gasteiger partial charge on any atom is -0.207 e. The monoisotopic (exact) mass is 206 g/mol. The summed E-state index contributed by atoms with van der Waals surface area (Å²) in [5, 5.41) is 0. The minimum atomic E-state index is -0.0806. The molecule has 1 heteroatoms. The normalized spacial score (nSPS) is 26.6. The molecular weight excluding hydrogens is 187 g/mol. The lowest BCUT2D eigenvalue weighted by Gasteiger charge is -2.26. The SMILES string of the molecule is Cc1cc(C2CCC(C)CC2)ccc1F. The molecule has 1 aliphatic carbocycles. The molecule has 0 spiro atoms. The van der Waals surface area contributed by atoms with Crippen molar-refractivity contribution in [1.29, 1.82) is 0 Å². The van der Waals surface area contributed by atoms with Crippen LogP contribution in [0.3, 0.4) is 0 Å². The van der Waals surface area contributed by atoms with Crippen molar-refractivity contribution in [2.24, 2.45) is 5.92 Å². The number of halogens is 1. The van der Waals surface area contributed by atoms with Gasteiger partial charge in [-0.2, -0.15) is 0 Å². The van der Waals surface area contributed by atoms with Gasteiger partial charge in [0.2, 0.25) is 0 Å². The molecule has 1 aromatic rings. The maximum atomic E-state index is 13.1. The average molecular weight is 206 g/mol. The Morgan fingerprint density at radius 3 is 2.40 bits per heavy atom. The highest BCUT2D eigenvalue weighted by atomic mass is 19.1. The number of hydrogen-bond donors (Lipinski definition) is 0. The lowest BCUT2D eigenvalue weighted by molar-refractivity contribution is 0.347. The summed E-state index contributed by atoms with van der Waals surface area (Å²) in [6.07, 6.45) is 5.18. The van der Waals surface area contributed by atoms with E-state index in [9.17, 15) is 4.39 Å². The van der Waals surface area contributed by atoms with Crippen molar-refractivity contribution in [1.82, 2.24) is 0 Å². The predicted molar refractivity (Wildman–Crippen MR) is 61.5 cm³/mol. The van der Waals surface area contributed by atoms with Crippen LogP contribution in [-0.2, 0) is 0 Å². The molecule has 1 saturated carbocycles. The van der Waals surface area contributed by atoms with E-state index in [1.165, 1.54) is 31.2 Å². The van der Waals surface area contributed by atoms with E-state index in [1.54, 1.807) is 6.07 Å². The lowest BCUT2D eigenvalue weighted by Crippen LogP contribution is -2.11. The summed E-state index contributed by atoms with van der Waals surface area (Å²) in [4.78, 5) is 0. The molecule has 1 fully saturated rings. The van der Waals surface area contributed by atoms with Crippen molar-refractivity contribution in [2.45, 2.75) is 45.4 Å². The molecule has 0 N–H and O–H groups in total. The van der Waals surface area contributed by atoms with Gasteiger partial charge in [-0.15, -0.1) is 0 Å². The van der Waals surface area contributed by atoms with Crippen LogP contribution in [0.1, 0.15) is 49.7 Å². The van der Waals surface area contributed by atoms with E-state index in [4.69, 9.17) is 0 Å². The minimum absolute atomic E-state index is 0.0806. The summed E-state index contributed by atoms with van der Waals surface area (Å²) in [5.41, 5.74) is 2.12. The third-order valence-electron chi connectivity index (χ3n) is 3.67. The average Bonchev–Trinajstić information content (AvgIpc) is 2.23. The number of rotatable bonds is 1. The Kier molecular flexibility index (Phi) is 3.08. The highest BCUT2D eigenvalue weighted by Crippen LogP contribution is 2.35. The lowest BCUT2D eigenvalue weighted by atomic mass is 9.79. The summed E-state index contributed by atoms with van der Waals surface area (Å²) in [6.45, 7) is 4.18. The van der Waals surface area contributed by atoms with E-state index in [0.717, 1.165) is 11.5 Å². The molecule has 0 aromatic heterocycles. The second-order valence-electron chi connectivity index (χ2n) is 4.97. The van der Waals surface area contributed by atoms with Gasteiger partial charge in [0.05, 0.1) is 0 Å². The van der Waals surface area contributed by atoms with E-state index in [-0.39, 0.29) is 5.82 Å². The summed E-state index contributed by atoms with van der Waals surface area (Å²) in [7, 11) is 0. The maximum absolute atomic E-state index is 13.1. The third-order valence-corrected chi connectivity index (χ3v) is 3.67. The van der Waals surface area contributed by atoms with E-state index in [1.807, 2.05) is 19.1 Å². The van der Waals surface area contributed by atoms with Crippen LogP contribution in [0.2, 0.25) is 0 Å². The van der Waals surface area contributed by atoms with Crippen LogP contribution < -0.4 is 0 Å². The zero-order valence-corrected chi connectivity index (χ0v) is 9.59. The first-order valence-corrected chi connectivity index (χ1v) is 5.93. The van der Waals surface area contributed by atoms with Gasteiger partial charge in [0, 0.05) is 0 Å². The van der Waals surface area contributed by atoms with Crippen LogP contribution in [-0.4, -0.2) is 0 Å². The molecule has 15 heavy (non-hydrogen) atoms. The topological polar surface area (TPSA) is 0 Å². The molecule has 1 aromatic carbocycles. The van der Waals surface area contributed by atoms with Gasteiger partial charge in [0.25, 0.3) is 0 Å². The fraction of sp³-hybridized carbons (Fsp3) is 0.571. The zero-order valence-electron chi connectivity index (χ0n) is 9.59. The van der Waals surface area contributed by atoms with Crippen LogP contribution in [0, 0.1) is 18.7 Å². The Bertz CT molecular complexity index is 335. The van der Waals surface area contributed by atoms with Crippen LogP contribution in [0.15, 0.2) is 18.2 Å². The van der Waals surface area contributed by atoms with E-state index in [2.05, 4.69) is 6.92 Å². The molecule has 82 valence electrons.